The maximum atomic E-state index is 12.4. The van der Waals surface area contributed by atoms with Crippen LogP contribution in [0.1, 0.15) is 206 Å². The Morgan fingerprint density at radius 1 is 0.511 bits per heavy atom. The summed E-state index contributed by atoms with van der Waals surface area (Å²) in [7, 11) is -3.18. The third kappa shape index (κ3) is 34.7. The zero-order valence-corrected chi connectivity index (χ0v) is 31.9. The van der Waals surface area contributed by atoms with Gasteiger partial charge in [0.15, 0.2) is 6.10 Å². The Morgan fingerprint density at radius 3 is 1.17 bits per heavy atom. The fourth-order valence-corrected chi connectivity index (χ4v) is 6.24. The first-order valence-corrected chi connectivity index (χ1v) is 21.2. The molecule has 0 amide bonds. The molecule has 1 N–H and O–H groups in total. The minimum Gasteiger partial charge on any atom is -0.462 e. The van der Waals surface area contributed by atoms with Gasteiger partial charge in [-0.1, -0.05) is 181 Å². The summed E-state index contributed by atoms with van der Waals surface area (Å²) in [6.45, 7) is 3.90. The largest absolute Gasteiger partial charge is 0.472 e. The molecule has 2 atom stereocenters. The quantitative estimate of drug-likeness (QED) is 0.0390. The van der Waals surface area contributed by atoms with Gasteiger partial charge in [0, 0.05) is 20.0 Å². The zero-order chi connectivity index (χ0) is 34.7. The minimum absolute atomic E-state index is 0.217. The molecule has 0 aliphatic carbocycles. The molecule has 0 bridgehead atoms. The lowest BCUT2D eigenvalue weighted by Gasteiger charge is -2.19. The molecule has 0 fully saturated rings. The molecular weight excluding hydrogens is 615 g/mol. The van der Waals surface area contributed by atoms with Crippen molar-refractivity contribution in [1.82, 2.24) is 0 Å². The van der Waals surface area contributed by atoms with E-state index in [1.807, 2.05) is 0 Å². The predicted molar refractivity (Wildman–Crippen MR) is 193 cm³/mol. The molecular formula is C38H75O8P. The molecule has 0 heterocycles. The summed E-state index contributed by atoms with van der Waals surface area (Å²) in [4.78, 5) is 34.3. The second kappa shape index (κ2) is 34.9. The Balaban J connectivity index is 4.00. The van der Waals surface area contributed by atoms with Crippen molar-refractivity contribution >= 4 is 19.8 Å². The van der Waals surface area contributed by atoms with E-state index in [0.717, 1.165) is 45.6 Å². The highest BCUT2D eigenvalue weighted by atomic mass is 31.2. The topological polar surface area (TPSA) is 108 Å². The Morgan fingerprint density at radius 2 is 0.830 bits per heavy atom. The fraction of sp³-hybridized carbons (Fsp3) is 0.947. The van der Waals surface area contributed by atoms with Gasteiger partial charge in [-0.15, -0.1) is 0 Å². The molecule has 0 aromatic rings. The Kier molecular flexibility index (Phi) is 34.2. The minimum atomic E-state index is -4.25. The lowest BCUT2D eigenvalue weighted by atomic mass is 10.0. The second-order valence-corrected chi connectivity index (χ2v) is 15.0. The van der Waals surface area contributed by atoms with E-state index in [-0.39, 0.29) is 19.0 Å². The number of carbonyl (C=O) groups is 2. The first kappa shape index (κ1) is 46.0. The molecule has 0 saturated heterocycles. The third-order valence-electron chi connectivity index (χ3n) is 8.85. The predicted octanol–water partition coefficient (Wildman–Crippen LogP) is 11.9. The summed E-state index contributed by atoms with van der Waals surface area (Å²) in [6.07, 6.45) is 34.3. The number of carbonyl (C=O) groups excluding carboxylic acids is 2. The zero-order valence-electron chi connectivity index (χ0n) is 31.0. The molecule has 8 nitrogen and oxygen atoms in total. The van der Waals surface area contributed by atoms with Gasteiger partial charge >= 0.3 is 19.8 Å². The van der Waals surface area contributed by atoms with Crippen LogP contribution in [0, 0.1) is 0 Å². The highest BCUT2D eigenvalue weighted by Crippen LogP contribution is 2.42. The maximum absolute atomic E-state index is 12.4. The molecule has 0 aromatic carbocycles. The van der Waals surface area contributed by atoms with E-state index in [0.29, 0.717) is 6.42 Å². The number of ether oxygens (including phenoxy) is 2. The van der Waals surface area contributed by atoms with Gasteiger partial charge in [0.25, 0.3) is 0 Å². The molecule has 0 aliphatic heterocycles. The van der Waals surface area contributed by atoms with Crippen molar-refractivity contribution in [2.45, 2.75) is 213 Å². The van der Waals surface area contributed by atoms with Crippen LogP contribution in [0.2, 0.25) is 0 Å². The monoisotopic (exact) mass is 691 g/mol. The second-order valence-electron chi connectivity index (χ2n) is 13.4. The van der Waals surface area contributed by atoms with Gasteiger partial charge < -0.3 is 14.4 Å². The number of phosphoric acid groups is 1. The average Bonchev–Trinajstić information content (AvgIpc) is 3.06. The van der Waals surface area contributed by atoms with E-state index in [9.17, 15) is 19.0 Å². The molecule has 9 heteroatoms. The molecule has 0 saturated carbocycles. The van der Waals surface area contributed by atoms with E-state index < -0.39 is 26.5 Å². The number of esters is 2. The number of rotatable bonds is 37. The highest BCUT2D eigenvalue weighted by molar-refractivity contribution is 7.47. The first-order chi connectivity index (χ1) is 22.8. The van der Waals surface area contributed by atoms with Crippen LogP contribution < -0.4 is 0 Å². The van der Waals surface area contributed by atoms with Crippen LogP contribution in [0.5, 0.6) is 0 Å². The molecule has 0 rings (SSSR count). The molecule has 0 spiro atoms. The lowest BCUT2D eigenvalue weighted by molar-refractivity contribution is -0.161. The third-order valence-corrected chi connectivity index (χ3v) is 9.79. The maximum Gasteiger partial charge on any atom is 0.472 e. The summed E-state index contributed by atoms with van der Waals surface area (Å²) < 4.78 is 31.9. The number of hydrogen-bond acceptors (Lipinski definition) is 7. The van der Waals surface area contributed by atoms with Gasteiger partial charge in [-0.05, 0) is 12.8 Å². The van der Waals surface area contributed by atoms with E-state index in [4.69, 9.17) is 14.0 Å². The van der Waals surface area contributed by atoms with Crippen LogP contribution in [0.4, 0.5) is 0 Å². The van der Waals surface area contributed by atoms with Crippen LogP contribution in [-0.2, 0) is 32.7 Å². The van der Waals surface area contributed by atoms with E-state index in [1.54, 1.807) is 0 Å². The number of phosphoric ester groups is 1. The SMILES string of the molecule is CCCCCCCCCCCCCCCCC(=O)OCC(COP(=O)(O)OC)OC(=O)CCCCCCCCCCCCCCCC. The summed E-state index contributed by atoms with van der Waals surface area (Å²) in [5.74, 6) is -0.790. The van der Waals surface area contributed by atoms with E-state index in [2.05, 4.69) is 18.4 Å². The normalized spacial score (nSPS) is 13.4. The van der Waals surface area contributed by atoms with Gasteiger partial charge in [-0.2, -0.15) is 0 Å². The van der Waals surface area contributed by atoms with Gasteiger partial charge in [-0.3, -0.25) is 18.6 Å². The van der Waals surface area contributed by atoms with E-state index >= 15 is 0 Å². The van der Waals surface area contributed by atoms with Crippen LogP contribution in [-0.4, -0.2) is 43.3 Å². The number of unbranched alkanes of at least 4 members (excludes halogenated alkanes) is 26. The first-order valence-electron chi connectivity index (χ1n) is 19.7. The summed E-state index contributed by atoms with van der Waals surface area (Å²) in [6, 6.07) is 0. The summed E-state index contributed by atoms with van der Waals surface area (Å²) in [5.41, 5.74) is 0. The number of hydrogen-bond donors (Lipinski definition) is 1. The van der Waals surface area contributed by atoms with Gasteiger partial charge in [0.05, 0.1) is 6.61 Å². The molecule has 280 valence electrons. The van der Waals surface area contributed by atoms with Crippen LogP contribution in [0.15, 0.2) is 0 Å². The van der Waals surface area contributed by atoms with Crippen molar-refractivity contribution in [2.75, 3.05) is 20.3 Å². The lowest BCUT2D eigenvalue weighted by Crippen LogP contribution is -2.29. The van der Waals surface area contributed by atoms with Crippen LogP contribution in [0.25, 0.3) is 0 Å². The average molecular weight is 691 g/mol. The standard InChI is InChI=1S/C38H75O8P/c1-4-6-8-10-12-14-16-18-20-22-24-26-28-30-32-37(39)44-34-36(35-45-47(41,42)43-3)46-38(40)33-31-29-27-25-23-21-19-17-15-13-11-9-7-5-2/h36H,4-35H2,1-3H3,(H,41,42). The summed E-state index contributed by atoms with van der Waals surface area (Å²) >= 11 is 0. The smallest absolute Gasteiger partial charge is 0.462 e. The van der Waals surface area contributed by atoms with Crippen molar-refractivity contribution in [2.24, 2.45) is 0 Å². The van der Waals surface area contributed by atoms with Crippen molar-refractivity contribution in [3.8, 4) is 0 Å². The van der Waals surface area contributed by atoms with Crippen molar-refractivity contribution in [3.63, 3.8) is 0 Å². The van der Waals surface area contributed by atoms with Gasteiger partial charge in [-0.25, -0.2) is 4.57 Å². The Labute approximate surface area is 289 Å². The highest BCUT2D eigenvalue weighted by Gasteiger charge is 2.24. The molecule has 47 heavy (non-hydrogen) atoms. The van der Waals surface area contributed by atoms with Gasteiger partial charge in [0.2, 0.25) is 0 Å². The summed E-state index contributed by atoms with van der Waals surface area (Å²) in [5, 5.41) is 0. The van der Waals surface area contributed by atoms with E-state index in [1.165, 1.54) is 141 Å². The van der Waals surface area contributed by atoms with Gasteiger partial charge in [0.1, 0.15) is 6.61 Å². The Bertz CT molecular complexity index is 747. The molecule has 0 aromatic heterocycles. The molecule has 0 radical (unpaired) electrons. The fourth-order valence-electron chi connectivity index (χ4n) is 5.78. The van der Waals surface area contributed by atoms with Crippen LogP contribution >= 0.6 is 7.82 Å². The van der Waals surface area contributed by atoms with Crippen molar-refractivity contribution in [1.29, 1.82) is 0 Å². The molecule has 0 aliphatic rings. The Hall–Kier alpha value is -0.950. The van der Waals surface area contributed by atoms with Crippen LogP contribution in [0.3, 0.4) is 0 Å². The van der Waals surface area contributed by atoms with Crippen molar-refractivity contribution < 1.29 is 37.6 Å². The molecule has 2 unspecified atom stereocenters. The van der Waals surface area contributed by atoms with Crippen molar-refractivity contribution in [3.05, 3.63) is 0 Å².